The Hall–Kier alpha value is -3.27. The lowest BCUT2D eigenvalue weighted by Crippen LogP contribution is -2.04. The third kappa shape index (κ3) is 3.35. The molecule has 4 aromatic rings. The highest BCUT2D eigenvalue weighted by atomic mass is 32.1. The Morgan fingerprint density at radius 2 is 1.97 bits per heavy atom. The highest BCUT2D eigenvalue weighted by molar-refractivity contribution is 7.20. The summed E-state index contributed by atoms with van der Waals surface area (Å²) in [6, 6.07) is 10.8. The molecule has 6 nitrogen and oxygen atoms in total. The number of ether oxygens (including phenoxy) is 2. The van der Waals surface area contributed by atoms with Crippen LogP contribution in [0.2, 0.25) is 0 Å². The Kier molecular flexibility index (Phi) is 4.09. The van der Waals surface area contributed by atoms with Crippen molar-refractivity contribution >= 4 is 21.4 Å². The van der Waals surface area contributed by atoms with Gasteiger partial charge in [0.2, 0.25) is 16.9 Å². The number of imidazole rings is 1. The van der Waals surface area contributed by atoms with Crippen molar-refractivity contribution in [3.63, 3.8) is 0 Å². The van der Waals surface area contributed by atoms with E-state index in [1.165, 1.54) is 23.6 Å². The van der Waals surface area contributed by atoms with Crippen LogP contribution in [-0.2, 0) is 12.7 Å². The molecule has 0 unspecified atom stereocenters. The Balaban J connectivity index is 1.39. The maximum atomic E-state index is 13.0. The molecule has 0 saturated heterocycles. The molecule has 29 heavy (non-hydrogen) atoms. The van der Waals surface area contributed by atoms with Crippen LogP contribution in [0.25, 0.3) is 16.2 Å². The molecule has 0 radical (unpaired) electrons. The van der Waals surface area contributed by atoms with Crippen molar-refractivity contribution in [2.45, 2.75) is 12.7 Å². The van der Waals surface area contributed by atoms with Crippen molar-refractivity contribution in [1.29, 1.82) is 0 Å². The number of hydrogen-bond acceptors (Lipinski definition) is 6. The summed E-state index contributed by atoms with van der Waals surface area (Å²) in [5.74, 6) is 1.41. The second kappa shape index (κ2) is 6.66. The van der Waals surface area contributed by atoms with Gasteiger partial charge in [0.15, 0.2) is 11.5 Å². The van der Waals surface area contributed by atoms with Gasteiger partial charge in [-0.1, -0.05) is 29.5 Å². The molecule has 2 aromatic carbocycles. The SMILES string of the molecule is FC(F)(F)c1cccc(-c2cnc3sc(NCc4ccc5c(c4)OCO5)nn23)c1. The van der Waals surface area contributed by atoms with Gasteiger partial charge in [0.1, 0.15) is 0 Å². The number of aromatic nitrogens is 3. The third-order valence-corrected chi connectivity index (χ3v) is 5.33. The number of fused-ring (bicyclic) bond motifs is 2. The van der Waals surface area contributed by atoms with E-state index >= 15 is 0 Å². The maximum absolute atomic E-state index is 13.0. The lowest BCUT2D eigenvalue weighted by atomic mass is 10.1. The van der Waals surface area contributed by atoms with Gasteiger partial charge in [-0.25, -0.2) is 9.50 Å². The van der Waals surface area contributed by atoms with E-state index < -0.39 is 11.7 Å². The van der Waals surface area contributed by atoms with Crippen LogP contribution in [0.3, 0.4) is 0 Å². The molecule has 2 aromatic heterocycles. The molecule has 0 atom stereocenters. The summed E-state index contributed by atoms with van der Waals surface area (Å²) >= 11 is 1.32. The van der Waals surface area contributed by atoms with Gasteiger partial charge >= 0.3 is 6.18 Å². The molecule has 0 spiro atoms. The minimum absolute atomic E-state index is 0.216. The first-order chi connectivity index (χ1) is 14.0. The minimum Gasteiger partial charge on any atom is -0.454 e. The average Bonchev–Trinajstić information content (AvgIpc) is 3.40. The van der Waals surface area contributed by atoms with E-state index in [9.17, 15) is 13.2 Å². The molecule has 0 amide bonds. The van der Waals surface area contributed by atoms with Crippen molar-refractivity contribution in [1.82, 2.24) is 14.6 Å². The zero-order valence-corrected chi connectivity index (χ0v) is 15.5. The van der Waals surface area contributed by atoms with Crippen molar-refractivity contribution in [2.24, 2.45) is 0 Å². The molecule has 3 heterocycles. The number of benzene rings is 2. The van der Waals surface area contributed by atoms with Crippen LogP contribution in [0.4, 0.5) is 18.3 Å². The van der Waals surface area contributed by atoms with E-state index in [1.807, 2.05) is 18.2 Å². The van der Waals surface area contributed by atoms with E-state index in [1.54, 1.807) is 10.6 Å². The first kappa shape index (κ1) is 17.8. The molecule has 0 fully saturated rings. The fourth-order valence-corrected chi connectivity index (χ4v) is 3.82. The molecule has 0 aliphatic carbocycles. The maximum Gasteiger partial charge on any atom is 0.416 e. The monoisotopic (exact) mass is 418 g/mol. The van der Waals surface area contributed by atoms with E-state index in [2.05, 4.69) is 15.4 Å². The Morgan fingerprint density at radius 3 is 2.83 bits per heavy atom. The lowest BCUT2D eigenvalue weighted by Gasteiger charge is -2.07. The van der Waals surface area contributed by atoms with E-state index in [0.29, 0.717) is 39.4 Å². The second-order valence-corrected chi connectivity index (χ2v) is 7.32. The van der Waals surface area contributed by atoms with Crippen LogP contribution in [0, 0.1) is 0 Å². The van der Waals surface area contributed by atoms with Gasteiger partial charge in [-0.05, 0) is 29.8 Å². The zero-order chi connectivity index (χ0) is 20.0. The lowest BCUT2D eigenvalue weighted by molar-refractivity contribution is -0.137. The predicted octanol–water partition coefficient (Wildman–Crippen LogP) is 4.82. The minimum atomic E-state index is -4.40. The van der Waals surface area contributed by atoms with E-state index in [4.69, 9.17) is 9.47 Å². The molecule has 1 aliphatic rings. The number of alkyl halides is 3. The van der Waals surface area contributed by atoms with E-state index in [-0.39, 0.29) is 6.79 Å². The fraction of sp³-hybridized carbons (Fsp3) is 0.158. The number of anilines is 1. The molecular weight excluding hydrogens is 405 g/mol. The summed E-state index contributed by atoms with van der Waals surface area (Å²) in [4.78, 5) is 4.86. The number of nitrogens with one attached hydrogen (secondary N) is 1. The Morgan fingerprint density at radius 1 is 1.10 bits per heavy atom. The number of nitrogens with zero attached hydrogens (tertiary/aromatic N) is 3. The van der Waals surface area contributed by atoms with Gasteiger partial charge in [0.25, 0.3) is 0 Å². The summed E-state index contributed by atoms with van der Waals surface area (Å²) in [5.41, 5.74) is 1.18. The smallest absolute Gasteiger partial charge is 0.416 e. The summed E-state index contributed by atoms with van der Waals surface area (Å²) in [5, 5.41) is 8.28. The van der Waals surface area contributed by atoms with Crippen molar-refractivity contribution in [3.05, 3.63) is 59.8 Å². The summed E-state index contributed by atoms with van der Waals surface area (Å²) < 4.78 is 51.2. The highest BCUT2D eigenvalue weighted by Crippen LogP contribution is 2.34. The second-order valence-electron chi connectivity index (χ2n) is 6.36. The quantitative estimate of drug-likeness (QED) is 0.515. The van der Waals surface area contributed by atoms with Gasteiger partial charge in [0.05, 0.1) is 17.5 Å². The fourth-order valence-electron chi connectivity index (χ4n) is 3.04. The average molecular weight is 418 g/mol. The highest BCUT2D eigenvalue weighted by Gasteiger charge is 2.30. The van der Waals surface area contributed by atoms with Gasteiger partial charge in [-0.15, -0.1) is 5.10 Å². The van der Waals surface area contributed by atoms with Crippen molar-refractivity contribution in [2.75, 3.05) is 12.1 Å². The normalized spacial score (nSPS) is 13.2. The number of hydrogen-bond donors (Lipinski definition) is 1. The van der Waals surface area contributed by atoms with Crippen molar-refractivity contribution < 1.29 is 22.6 Å². The first-order valence-corrected chi connectivity index (χ1v) is 9.44. The van der Waals surface area contributed by atoms with Crippen LogP contribution in [-0.4, -0.2) is 21.4 Å². The molecule has 1 N–H and O–H groups in total. The molecule has 0 saturated carbocycles. The molecule has 148 valence electrons. The van der Waals surface area contributed by atoms with Crippen LogP contribution in [0.5, 0.6) is 11.5 Å². The molecule has 1 aliphatic heterocycles. The third-order valence-electron chi connectivity index (χ3n) is 4.45. The van der Waals surface area contributed by atoms with Crippen molar-refractivity contribution in [3.8, 4) is 22.8 Å². The van der Waals surface area contributed by atoms with E-state index in [0.717, 1.165) is 17.7 Å². The number of rotatable bonds is 4. The topological polar surface area (TPSA) is 60.7 Å². The van der Waals surface area contributed by atoms with Gasteiger partial charge in [0, 0.05) is 12.1 Å². The van der Waals surface area contributed by atoms with Crippen LogP contribution in [0.15, 0.2) is 48.7 Å². The first-order valence-electron chi connectivity index (χ1n) is 8.62. The van der Waals surface area contributed by atoms with Crippen LogP contribution >= 0.6 is 11.3 Å². The van der Waals surface area contributed by atoms with Gasteiger partial charge in [-0.3, -0.25) is 0 Å². The number of halogens is 3. The molecular formula is C19H13F3N4O2S. The molecule has 10 heteroatoms. The van der Waals surface area contributed by atoms with Gasteiger partial charge in [-0.2, -0.15) is 13.2 Å². The Bertz CT molecular complexity index is 1200. The zero-order valence-electron chi connectivity index (χ0n) is 14.7. The molecule has 5 rings (SSSR count). The van der Waals surface area contributed by atoms with Crippen LogP contribution in [0.1, 0.15) is 11.1 Å². The molecule has 0 bridgehead atoms. The Labute approximate surface area is 166 Å². The summed E-state index contributed by atoms with van der Waals surface area (Å²) in [6.45, 7) is 0.723. The van der Waals surface area contributed by atoms with Crippen LogP contribution < -0.4 is 14.8 Å². The largest absolute Gasteiger partial charge is 0.454 e. The standard InChI is InChI=1S/C19H13F3N4O2S/c20-19(21,22)13-3-1-2-12(7-13)14-9-24-18-26(14)25-17(29-18)23-8-11-4-5-15-16(6-11)28-10-27-15/h1-7,9H,8,10H2,(H,23,25). The predicted molar refractivity (Wildman–Crippen MR) is 101 cm³/mol. The van der Waals surface area contributed by atoms with Gasteiger partial charge < -0.3 is 14.8 Å². The summed E-state index contributed by atoms with van der Waals surface area (Å²) in [7, 11) is 0. The summed E-state index contributed by atoms with van der Waals surface area (Å²) in [6.07, 6.45) is -2.88.